The number of ether oxygens (including phenoxy) is 1. The molecule has 0 aliphatic carbocycles. The fraction of sp³-hybridized carbons (Fsp3) is 0.696. The standard InChI is InChI=1S/C23H38N4O.ClH/c1-2-3-4-5-6-12-19-28-20-27-22-14-9-8-13-21(22)26(23(27)24)18-17-25-15-10-7-11-16-25;/h8-9,13-14,24H,2-7,10-12,15-20H2,1H3;1H. The summed E-state index contributed by atoms with van der Waals surface area (Å²) in [7, 11) is 0. The smallest absolute Gasteiger partial charge is 0.204 e. The van der Waals surface area contributed by atoms with Gasteiger partial charge in [0.05, 0.1) is 11.0 Å². The molecule has 0 unspecified atom stereocenters. The zero-order valence-corrected chi connectivity index (χ0v) is 18.9. The number of hydrogen-bond acceptors (Lipinski definition) is 3. The molecule has 0 spiro atoms. The summed E-state index contributed by atoms with van der Waals surface area (Å²) in [6.45, 7) is 7.83. The van der Waals surface area contributed by atoms with Gasteiger partial charge in [0.2, 0.25) is 5.62 Å². The van der Waals surface area contributed by atoms with Crippen molar-refractivity contribution in [1.82, 2.24) is 14.0 Å². The van der Waals surface area contributed by atoms with E-state index in [0.717, 1.165) is 37.2 Å². The largest absolute Gasteiger partial charge is 0.361 e. The van der Waals surface area contributed by atoms with Crippen molar-refractivity contribution in [3.63, 3.8) is 0 Å². The molecule has 1 N–H and O–H groups in total. The third-order valence-electron chi connectivity index (χ3n) is 5.93. The minimum absolute atomic E-state index is 0. The van der Waals surface area contributed by atoms with Crippen molar-refractivity contribution >= 4 is 23.4 Å². The topological polar surface area (TPSA) is 46.2 Å². The van der Waals surface area contributed by atoms with Gasteiger partial charge in [0.15, 0.2) is 0 Å². The lowest BCUT2D eigenvalue weighted by atomic mass is 10.1. The molecule has 1 fully saturated rings. The molecule has 1 aliphatic heterocycles. The molecule has 29 heavy (non-hydrogen) atoms. The second-order valence-electron chi connectivity index (χ2n) is 8.10. The third kappa shape index (κ3) is 6.87. The number of nitrogens with zero attached hydrogens (tertiary/aromatic N) is 3. The maximum atomic E-state index is 8.71. The van der Waals surface area contributed by atoms with Gasteiger partial charge in [0.1, 0.15) is 6.73 Å². The van der Waals surface area contributed by atoms with E-state index in [9.17, 15) is 0 Å². The molecule has 1 saturated heterocycles. The molecule has 0 amide bonds. The summed E-state index contributed by atoms with van der Waals surface area (Å²) in [6.07, 6.45) is 11.6. The fourth-order valence-electron chi connectivity index (χ4n) is 4.22. The number of piperidine rings is 1. The van der Waals surface area contributed by atoms with Crippen LogP contribution in [0.25, 0.3) is 11.0 Å². The second-order valence-corrected chi connectivity index (χ2v) is 8.10. The van der Waals surface area contributed by atoms with E-state index in [1.165, 1.54) is 64.5 Å². The zero-order chi connectivity index (χ0) is 19.6. The highest BCUT2D eigenvalue weighted by atomic mass is 35.5. The van der Waals surface area contributed by atoms with Crippen LogP contribution in [0, 0.1) is 5.41 Å². The Bertz CT molecular complexity index is 764. The van der Waals surface area contributed by atoms with E-state index in [-0.39, 0.29) is 12.4 Å². The first kappa shape index (κ1) is 24.0. The molecule has 3 rings (SSSR count). The van der Waals surface area contributed by atoms with Crippen molar-refractivity contribution in [3.8, 4) is 0 Å². The van der Waals surface area contributed by atoms with Gasteiger partial charge < -0.3 is 14.2 Å². The monoisotopic (exact) mass is 422 g/mol. The Morgan fingerprint density at radius 1 is 0.862 bits per heavy atom. The number of benzene rings is 1. The average molecular weight is 423 g/mol. The molecule has 1 aromatic carbocycles. The number of para-hydroxylation sites is 2. The fourth-order valence-corrected chi connectivity index (χ4v) is 4.22. The minimum Gasteiger partial charge on any atom is -0.361 e. The van der Waals surface area contributed by atoms with Crippen molar-refractivity contribution in [2.24, 2.45) is 0 Å². The average Bonchev–Trinajstić information content (AvgIpc) is 3.00. The van der Waals surface area contributed by atoms with Gasteiger partial charge in [0.25, 0.3) is 0 Å². The molecule has 0 bridgehead atoms. The van der Waals surface area contributed by atoms with Gasteiger partial charge in [-0.1, -0.05) is 57.6 Å². The van der Waals surface area contributed by atoms with Crippen LogP contribution in [0.1, 0.15) is 64.7 Å². The maximum Gasteiger partial charge on any atom is 0.204 e. The Morgan fingerprint density at radius 2 is 1.52 bits per heavy atom. The molecule has 0 saturated carbocycles. The number of unbranched alkanes of at least 4 members (excludes halogenated alkanes) is 5. The number of rotatable bonds is 12. The van der Waals surface area contributed by atoms with E-state index >= 15 is 0 Å². The summed E-state index contributed by atoms with van der Waals surface area (Å²) in [5.41, 5.74) is 2.81. The minimum atomic E-state index is 0. The van der Waals surface area contributed by atoms with Crippen LogP contribution in [0.2, 0.25) is 0 Å². The summed E-state index contributed by atoms with van der Waals surface area (Å²) in [6, 6.07) is 8.37. The Kier molecular flexibility index (Phi) is 10.8. The Labute approximate surface area is 182 Å². The quantitative estimate of drug-likeness (QED) is 0.480. The van der Waals surface area contributed by atoms with Crippen LogP contribution >= 0.6 is 12.4 Å². The third-order valence-corrected chi connectivity index (χ3v) is 5.93. The van der Waals surface area contributed by atoms with Gasteiger partial charge >= 0.3 is 0 Å². The zero-order valence-electron chi connectivity index (χ0n) is 18.1. The normalized spacial score (nSPS) is 14.9. The van der Waals surface area contributed by atoms with E-state index in [4.69, 9.17) is 10.1 Å². The first-order valence-electron chi connectivity index (χ1n) is 11.3. The molecule has 0 radical (unpaired) electrons. The molecule has 164 valence electrons. The maximum absolute atomic E-state index is 8.71. The predicted octanol–water partition coefficient (Wildman–Crippen LogP) is 5.16. The van der Waals surface area contributed by atoms with Crippen LogP contribution < -0.4 is 5.62 Å². The number of hydrogen-bond donors (Lipinski definition) is 1. The van der Waals surface area contributed by atoms with Gasteiger partial charge in [-0.25, -0.2) is 0 Å². The van der Waals surface area contributed by atoms with Gasteiger partial charge in [-0.3, -0.25) is 9.98 Å². The van der Waals surface area contributed by atoms with Gasteiger partial charge in [0, 0.05) is 19.7 Å². The number of nitrogens with one attached hydrogen (secondary N) is 1. The van der Waals surface area contributed by atoms with Crippen LogP contribution in [-0.4, -0.2) is 40.3 Å². The van der Waals surface area contributed by atoms with Crippen LogP contribution in [0.15, 0.2) is 24.3 Å². The lowest BCUT2D eigenvalue weighted by molar-refractivity contribution is 0.0728. The van der Waals surface area contributed by atoms with Crippen LogP contribution in [0.4, 0.5) is 0 Å². The SMILES string of the molecule is CCCCCCCCOCn1c(=N)n(CCN2CCCCC2)c2ccccc21.Cl. The lowest BCUT2D eigenvalue weighted by Crippen LogP contribution is -2.35. The first-order chi connectivity index (χ1) is 13.8. The van der Waals surface area contributed by atoms with Crippen molar-refractivity contribution in [3.05, 3.63) is 29.9 Å². The molecule has 5 nitrogen and oxygen atoms in total. The summed E-state index contributed by atoms with van der Waals surface area (Å²) in [5.74, 6) is 0. The summed E-state index contributed by atoms with van der Waals surface area (Å²) in [5, 5.41) is 8.71. The molecule has 6 heteroatoms. The summed E-state index contributed by atoms with van der Waals surface area (Å²) < 4.78 is 10.1. The molecular weight excluding hydrogens is 384 g/mol. The molecular formula is C23H39ClN4O. The number of likely N-dealkylation sites (tertiary alicyclic amines) is 1. The Balaban J connectivity index is 0.00000300. The van der Waals surface area contributed by atoms with Crippen LogP contribution in [0.3, 0.4) is 0 Å². The first-order valence-corrected chi connectivity index (χ1v) is 11.3. The van der Waals surface area contributed by atoms with E-state index in [2.05, 4.69) is 40.7 Å². The highest BCUT2D eigenvalue weighted by molar-refractivity contribution is 5.85. The number of imidazole rings is 1. The van der Waals surface area contributed by atoms with E-state index in [1.54, 1.807) is 0 Å². The Morgan fingerprint density at radius 3 is 2.24 bits per heavy atom. The van der Waals surface area contributed by atoms with Gasteiger partial charge in [-0.05, 0) is 44.5 Å². The molecule has 1 aliphatic rings. The molecule has 2 aromatic rings. The highest BCUT2D eigenvalue weighted by Crippen LogP contribution is 2.14. The van der Waals surface area contributed by atoms with Crippen molar-refractivity contribution in [1.29, 1.82) is 5.41 Å². The number of fused-ring (bicyclic) bond motifs is 1. The van der Waals surface area contributed by atoms with Crippen molar-refractivity contribution in [2.75, 3.05) is 26.2 Å². The van der Waals surface area contributed by atoms with Crippen molar-refractivity contribution < 1.29 is 4.74 Å². The summed E-state index contributed by atoms with van der Waals surface area (Å²) in [4.78, 5) is 2.54. The predicted molar refractivity (Wildman–Crippen MR) is 123 cm³/mol. The van der Waals surface area contributed by atoms with E-state index < -0.39 is 0 Å². The van der Waals surface area contributed by atoms with Gasteiger partial charge in [-0.15, -0.1) is 12.4 Å². The van der Waals surface area contributed by atoms with E-state index in [1.807, 2.05) is 4.57 Å². The van der Waals surface area contributed by atoms with Crippen LogP contribution in [-0.2, 0) is 18.0 Å². The lowest BCUT2D eigenvalue weighted by Gasteiger charge is -2.26. The molecule has 2 heterocycles. The molecule has 1 aromatic heterocycles. The van der Waals surface area contributed by atoms with E-state index in [0.29, 0.717) is 12.3 Å². The van der Waals surface area contributed by atoms with Crippen molar-refractivity contribution in [2.45, 2.75) is 78.0 Å². The number of aromatic nitrogens is 2. The highest BCUT2D eigenvalue weighted by Gasteiger charge is 2.13. The number of halogens is 1. The summed E-state index contributed by atoms with van der Waals surface area (Å²) >= 11 is 0. The Hall–Kier alpha value is -1.30. The molecule has 0 atom stereocenters. The van der Waals surface area contributed by atoms with Crippen LogP contribution in [0.5, 0.6) is 0 Å². The van der Waals surface area contributed by atoms with Gasteiger partial charge in [-0.2, -0.15) is 0 Å². The second kappa shape index (κ2) is 13.1.